The summed E-state index contributed by atoms with van der Waals surface area (Å²) >= 11 is 5.78. The Balaban J connectivity index is 2.14. The van der Waals surface area contributed by atoms with E-state index in [0.717, 1.165) is 24.8 Å². The van der Waals surface area contributed by atoms with Crippen molar-refractivity contribution in [3.63, 3.8) is 0 Å². The topological polar surface area (TPSA) is 37.3 Å². The molecule has 3 heteroatoms. The molecule has 1 aromatic rings. The zero-order chi connectivity index (χ0) is 11.5. The van der Waals surface area contributed by atoms with Crippen molar-refractivity contribution in [2.45, 2.75) is 31.8 Å². The molecule has 16 heavy (non-hydrogen) atoms. The van der Waals surface area contributed by atoms with E-state index in [9.17, 15) is 9.90 Å². The standard InChI is InChI=1S/C13H15ClO2/c14-10-7-5-9(6-8-10)13(16)11-3-1-2-4-12(11)15/h5-8,11,13,16H,1-4H2/t11?,13-/m0/s1. The van der Waals surface area contributed by atoms with Crippen LogP contribution in [0.2, 0.25) is 5.02 Å². The molecule has 0 aliphatic heterocycles. The minimum Gasteiger partial charge on any atom is -0.388 e. The fourth-order valence-electron chi connectivity index (χ4n) is 2.24. The van der Waals surface area contributed by atoms with E-state index in [0.29, 0.717) is 11.4 Å². The molecule has 1 aliphatic rings. The van der Waals surface area contributed by atoms with Gasteiger partial charge in [-0.3, -0.25) is 4.79 Å². The fourth-order valence-corrected chi connectivity index (χ4v) is 2.36. The molecule has 1 N–H and O–H groups in total. The maximum Gasteiger partial charge on any atom is 0.138 e. The second-order valence-corrected chi connectivity index (χ2v) is 4.75. The molecule has 0 amide bonds. The average molecular weight is 239 g/mol. The number of aliphatic hydroxyl groups is 1. The van der Waals surface area contributed by atoms with Crippen LogP contribution in [-0.4, -0.2) is 10.9 Å². The highest BCUT2D eigenvalue weighted by Gasteiger charge is 2.29. The summed E-state index contributed by atoms with van der Waals surface area (Å²) in [7, 11) is 0. The number of ketones is 1. The molecular weight excluding hydrogens is 224 g/mol. The summed E-state index contributed by atoms with van der Waals surface area (Å²) in [6, 6.07) is 7.06. The van der Waals surface area contributed by atoms with Crippen molar-refractivity contribution < 1.29 is 9.90 Å². The molecule has 0 spiro atoms. The zero-order valence-corrected chi connectivity index (χ0v) is 9.78. The number of carbonyl (C=O) groups excluding carboxylic acids is 1. The van der Waals surface area contributed by atoms with E-state index in [-0.39, 0.29) is 11.7 Å². The molecule has 86 valence electrons. The second kappa shape index (κ2) is 4.98. The Labute approximate surface area is 100 Å². The smallest absolute Gasteiger partial charge is 0.138 e. The SMILES string of the molecule is O=C1CCCCC1[C@@H](O)c1ccc(Cl)cc1. The van der Waals surface area contributed by atoms with Gasteiger partial charge in [-0.25, -0.2) is 0 Å². The van der Waals surface area contributed by atoms with E-state index in [1.54, 1.807) is 24.3 Å². The summed E-state index contributed by atoms with van der Waals surface area (Å²) < 4.78 is 0. The maximum atomic E-state index is 11.7. The third-order valence-electron chi connectivity index (χ3n) is 3.19. The first-order valence-corrected chi connectivity index (χ1v) is 6.02. The van der Waals surface area contributed by atoms with Crippen LogP contribution in [0.25, 0.3) is 0 Å². The summed E-state index contributed by atoms with van der Waals surface area (Å²) in [6.45, 7) is 0. The third kappa shape index (κ3) is 2.45. The lowest BCUT2D eigenvalue weighted by Gasteiger charge is -2.25. The van der Waals surface area contributed by atoms with Gasteiger partial charge in [-0.05, 0) is 30.5 Å². The van der Waals surface area contributed by atoms with Gasteiger partial charge in [0.1, 0.15) is 5.78 Å². The van der Waals surface area contributed by atoms with Crippen LogP contribution in [0.4, 0.5) is 0 Å². The molecule has 1 saturated carbocycles. The highest BCUT2D eigenvalue weighted by Crippen LogP contribution is 2.32. The van der Waals surface area contributed by atoms with Crippen LogP contribution in [0.5, 0.6) is 0 Å². The maximum absolute atomic E-state index is 11.7. The summed E-state index contributed by atoms with van der Waals surface area (Å²) in [5.41, 5.74) is 0.782. The van der Waals surface area contributed by atoms with Crippen molar-refractivity contribution in [2.75, 3.05) is 0 Å². The quantitative estimate of drug-likeness (QED) is 0.860. The summed E-state index contributed by atoms with van der Waals surface area (Å²) in [5.74, 6) is -0.0383. The van der Waals surface area contributed by atoms with Crippen molar-refractivity contribution in [3.05, 3.63) is 34.9 Å². The number of halogens is 1. The Morgan fingerprint density at radius 3 is 2.56 bits per heavy atom. The molecule has 1 unspecified atom stereocenters. The number of hydrogen-bond donors (Lipinski definition) is 1. The van der Waals surface area contributed by atoms with Crippen molar-refractivity contribution in [3.8, 4) is 0 Å². The number of aliphatic hydroxyl groups excluding tert-OH is 1. The van der Waals surface area contributed by atoms with Gasteiger partial charge < -0.3 is 5.11 Å². The molecule has 0 radical (unpaired) electrons. The van der Waals surface area contributed by atoms with Crippen LogP contribution in [0.15, 0.2) is 24.3 Å². The monoisotopic (exact) mass is 238 g/mol. The van der Waals surface area contributed by atoms with Gasteiger partial charge in [0, 0.05) is 17.4 Å². The third-order valence-corrected chi connectivity index (χ3v) is 3.45. The Bertz CT molecular complexity index is 372. The predicted octanol–water partition coefficient (Wildman–Crippen LogP) is 3.13. The van der Waals surface area contributed by atoms with Crippen molar-refractivity contribution in [1.82, 2.24) is 0 Å². The van der Waals surface area contributed by atoms with Crippen LogP contribution >= 0.6 is 11.6 Å². The molecule has 2 atom stereocenters. The minimum absolute atomic E-state index is 0.189. The first-order valence-electron chi connectivity index (χ1n) is 5.65. The molecule has 2 nitrogen and oxygen atoms in total. The van der Waals surface area contributed by atoms with Crippen molar-refractivity contribution in [2.24, 2.45) is 5.92 Å². The van der Waals surface area contributed by atoms with Gasteiger partial charge in [0.05, 0.1) is 6.10 Å². The molecule has 0 aromatic heterocycles. The lowest BCUT2D eigenvalue weighted by molar-refractivity contribution is -0.128. The lowest BCUT2D eigenvalue weighted by atomic mass is 9.82. The van der Waals surface area contributed by atoms with Gasteiger partial charge in [-0.1, -0.05) is 30.2 Å². The van der Waals surface area contributed by atoms with E-state index in [4.69, 9.17) is 11.6 Å². The van der Waals surface area contributed by atoms with Gasteiger partial charge in [0.15, 0.2) is 0 Å². The Kier molecular flexibility index (Phi) is 3.62. The van der Waals surface area contributed by atoms with Gasteiger partial charge in [0.2, 0.25) is 0 Å². The van der Waals surface area contributed by atoms with E-state index >= 15 is 0 Å². The van der Waals surface area contributed by atoms with Crippen LogP contribution in [-0.2, 0) is 4.79 Å². The summed E-state index contributed by atoms with van der Waals surface area (Å²) in [6.07, 6.45) is 2.71. The molecule has 1 aliphatic carbocycles. The molecule has 1 fully saturated rings. The lowest BCUT2D eigenvalue weighted by Crippen LogP contribution is -2.25. The van der Waals surface area contributed by atoms with Crippen LogP contribution < -0.4 is 0 Å². The number of rotatable bonds is 2. The summed E-state index contributed by atoms with van der Waals surface area (Å²) in [4.78, 5) is 11.7. The largest absolute Gasteiger partial charge is 0.388 e. The van der Waals surface area contributed by atoms with E-state index in [1.807, 2.05) is 0 Å². The Morgan fingerprint density at radius 2 is 1.94 bits per heavy atom. The number of carbonyl (C=O) groups is 1. The highest BCUT2D eigenvalue weighted by atomic mass is 35.5. The first-order chi connectivity index (χ1) is 7.68. The molecule has 0 bridgehead atoms. The van der Waals surface area contributed by atoms with E-state index < -0.39 is 6.10 Å². The van der Waals surface area contributed by atoms with Gasteiger partial charge in [-0.2, -0.15) is 0 Å². The first kappa shape index (κ1) is 11.6. The molecule has 1 aromatic carbocycles. The van der Waals surface area contributed by atoms with Crippen molar-refractivity contribution >= 4 is 17.4 Å². The van der Waals surface area contributed by atoms with Crippen molar-refractivity contribution in [1.29, 1.82) is 0 Å². The normalized spacial score (nSPS) is 23.1. The van der Waals surface area contributed by atoms with Gasteiger partial charge in [-0.15, -0.1) is 0 Å². The van der Waals surface area contributed by atoms with E-state index in [2.05, 4.69) is 0 Å². The van der Waals surface area contributed by atoms with E-state index in [1.165, 1.54) is 0 Å². The molecule has 2 rings (SSSR count). The number of benzene rings is 1. The number of hydrogen-bond acceptors (Lipinski definition) is 2. The Hall–Kier alpha value is -0.860. The highest BCUT2D eigenvalue weighted by molar-refractivity contribution is 6.30. The Morgan fingerprint density at radius 1 is 1.25 bits per heavy atom. The van der Waals surface area contributed by atoms with Crippen LogP contribution in [0.3, 0.4) is 0 Å². The van der Waals surface area contributed by atoms with Crippen LogP contribution in [0, 0.1) is 5.92 Å². The molecular formula is C13H15ClO2. The predicted molar refractivity (Wildman–Crippen MR) is 63.4 cm³/mol. The minimum atomic E-state index is -0.676. The van der Waals surface area contributed by atoms with Gasteiger partial charge >= 0.3 is 0 Å². The molecule has 0 heterocycles. The number of Topliss-reactive ketones (excluding diaryl/α,β-unsaturated/α-hetero) is 1. The van der Waals surface area contributed by atoms with Crippen LogP contribution in [0.1, 0.15) is 37.4 Å². The van der Waals surface area contributed by atoms with Gasteiger partial charge in [0.25, 0.3) is 0 Å². The second-order valence-electron chi connectivity index (χ2n) is 4.31. The zero-order valence-electron chi connectivity index (χ0n) is 9.03. The molecule has 0 saturated heterocycles. The average Bonchev–Trinajstić information content (AvgIpc) is 2.30. The summed E-state index contributed by atoms with van der Waals surface area (Å²) in [5, 5.41) is 10.8. The fraction of sp³-hybridized carbons (Fsp3) is 0.462.